The summed E-state index contributed by atoms with van der Waals surface area (Å²) in [6, 6.07) is 8.65. The Balaban J connectivity index is 1.97. The first-order valence-electron chi connectivity index (χ1n) is 6.02. The van der Waals surface area contributed by atoms with E-state index in [2.05, 4.69) is 50.4 Å². The van der Waals surface area contributed by atoms with Gasteiger partial charge in [0.05, 0.1) is 6.10 Å². The second kappa shape index (κ2) is 4.56. The highest BCUT2D eigenvalue weighted by atomic mass is 16.5. The van der Waals surface area contributed by atoms with Crippen LogP contribution in [-0.2, 0) is 11.3 Å². The van der Waals surface area contributed by atoms with Crippen molar-refractivity contribution in [3.05, 3.63) is 35.4 Å². The molecule has 2 heteroatoms. The lowest BCUT2D eigenvalue weighted by molar-refractivity contribution is 0.0881. The van der Waals surface area contributed by atoms with Gasteiger partial charge in [-0.15, -0.1) is 0 Å². The second-order valence-electron chi connectivity index (χ2n) is 5.02. The number of benzene rings is 1. The molecule has 1 aromatic rings. The lowest BCUT2D eigenvalue weighted by Crippen LogP contribution is -2.47. The smallest absolute Gasteiger partial charge is 0.0726 e. The Kier molecular flexibility index (Phi) is 3.31. The topological polar surface area (TPSA) is 21.3 Å². The van der Waals surface area contributed by atoms with Crippen LogP contribution in [0.3, 0.4) is 0 Å². The second-order valence-corrected chi connectivity index (χ2v) is 5.02. The highest BCUT2D eigenvalue weighted by molar-refractivity contribution is 5.22. The van der Waals surface area contributed by atoms with E-state index in [9.17, 15) is 0 Å². The molecule has 1 fully saturated rings. The quantitative estimate of drug-likeness (QED) is 0.844. The molecule has 1 N–H and O–H groups in total. The zero-order valence-corrected chi connectivity index (χ0v) is 10.4. The van der Waals surface area contributed by atoms with Crippen molar-refractivity contribution in [1.82, 2.24) is 5.32 Å². The summed E-state index contributed by atoms with van der Waals surface area (Å²) in [5, 5.41) is 3.63. The van der Waals surface area contributed by atoms with Gasteiger partial charge in [-0.25, -0.2) is 0 Å². The Morgan fingerprint density at radius 2 is 2.31 bits per heavy atom. The molecule has 0 aromatic heterocycles. The van der Waals surface area contributed by atoms with E-state index < -0.39 is 0 Å². The molecule has 1 heterocycles. The van der Waals surface area contributed by atoms with E-state index in [4.69, 9.17) is 4.74 Å². The third-order valence-corrected chi connectivity index (χ3v) is 3.67. The Bertz CT molecular complexity index is 364. The van der Waals surface area contributed by atoms with Gasteiger partial charge < -0.3 is 10.1 Å². The molecule has 2 atom stereocenters. The van der Waals surface area contributed by atoms with Crippen LogP contribution in [0.2, 0.25) is 0 Å². The van der Waals surface area contributed by atoms with Gasteiger partial charge in [0.2, 0.25) is 0 Å². The predicted octanol–water partition coefficient (Wildman–Crippen LogP) is 2.65. The van der Waals surface area contributed by atoms with Gasteiger partial charge in [-0.3, -0.25) is 0 Å². The fourth-order valence-corrected chi connectivity index (χ4v) is 2.19. The Labute approximate surface area is 98.0 Å². The van der Waals surface area contributed by atoms with Gasteiger partial charge in [0.1, 0.15) is 0 Å². The van der Waals surface area contributed by atoms with Crippen LogP contribution in [0.4, 0.5) is 0 Å². The number of hydrogen-bond acceptors (Lipinski definition) is 2. The minimum Gasteiger partial charge on any atom is -0.377 e. The van der Waals surface area contributed by atoms with Gasteiger partial charge in [0.15, 0.2) is 0 Å². The van der Waals surface area contributed by atoms with Crippen molar-refractivity contribution in [3.63, 3.8) is 0 Å². The monoisotopic (exact) mass is 219 g/mol. The lowest BCUT2D eigenvalue weighted by atomic mass is 9.94. The molecule has 0 spiro atoms. The largest absolute Gasteiger partial charge is 0.377 e. The molecule has 0 amide bonds. The van der Waals surface area contributed by atoms with E-state index in [-0.39, 0.29) is 5.54 Å². The molecular weight excluding hydrogens is 198 g/mol. The first kappa shape index (κ1) is 11.6. The first-order valence-corrected chi connectivity index (χ1v) is 6.02. The minimum absolute atomic E-state index is 0.129. The van der Waals surface area contributed by atoms with E-state index in [1.807, 2.05) is 0 Å². The molecule has 0 radical (unpaired) electrons. The number of rotatable bonds is 3. The summed E-state index contributed by atoms with van der Waals surface area (Å²) in [6.07, 6.45) is 1.40. The van der Waals surface area contributed by atoms with Crippen LogP contribution < -0.4 is 5.32 Å². The van der Waals surface area contributed by atoms with Crippen LogP contribution in [0.1, 0.15) is 31.4 Å². The van der Waals surface area contributed by atoms with Crippen molar-refractivity contribution in [2.75, 3.05) is 6.61 Å². The summed E-state index contributed by atoms with van der Waals surface area (Å²) >= 11 is 0. The van der Waals surface area contributed by atoms with Gasteiger partial charge in [0.25, 0.3) is 0 Å². The third-order valence-electron chi connectivity index (χ3n) is 3.67. The van der Waals surface area contributed by atoms with Crippen molar-refractivity contribution in [2.45, 2.75) is 45.4 Å². The highest BCUT2D eigenvalue weighted by Crippen LogP contribution is 2.25. The van der Waals surface area contributed by atoms with Crippen LogP contribution >= 0.6 is 0 Å². The predicted molar refractivity (Wildman–Crippen MR) is 66.5 cm³/mol. The fourth-order valence-electron chi connectivity index (χ4n) is 2.19. The number of ether oxygens (including phenoxy) is 1. The Hall–Kier alpha value is -0.860. The third kappa shape index (κ3) is 2.45. The maximum Gasteiger partial charge on any atom is 0.0726 e. The molecule has 1 aromatic carbocycles. The molecule has 1 saturated heterocycles. The average Bonchev–Trinajstić information content (AvgIpc) is 2.58. The molecule has 1 aliphatic rings. The molecule has 0 aliphatic carbocycles. The number of aryl methyl sites for hydroxylation is 1. The summed E-state index contributed by atoms with van der Waals surface area (Å²) in [5.41, 5.74) is 2.80. The zero-order valence-electron chi connectivity index (χ0n) is 10.4. The molecule has 2 rings (SSSR count). The average molecular weight is 219 g/mol. The lowest BCUT2D eigenvalue weighted by Gasteiger charge is -2.29. The van der Waals surface area contributed by atoms with E-state index in [0.29, 0.717) is 6.10 Å². The Morgan fingerprint density at radius 1 is 1.50 bits per heavy atom. The van der Waals surface area contributed by atoms with Gasteiger partial charge >= 0.3 is 0 Å². The van der Waals surface area contributed by atoms with Gasteiger partial charge in [-0.2, -0.15) is 0 Å². The van der Waals surface area contributed by atoms with Crippen molar-refractivity contribution >= 4 is 0 Å². The van der Waals surface area contributed by atoms with Crippen LogP contribution in [0.5, 0.6) is 0 Å². The molecule has 0 bridgehead atoms. The maximum absolute atomic E-state index is 5.62. The van der Waals surface area contributed by atoms with E-state index in [1.165, 1.54) is 11.1 Å². The van der Waals surface area contributed by atoms with Crippen LogP contribution in [0.25, 0.3) is 0 Å². The van der Waals surface area contributed by atoms with Gasteiger partial charge in [-0.1, -0.05) is 29.8 Å². The standard InChI is InChI=1S/C14H21NO/c1-11-5-4-6-13(9-11)10-15-14(3)7-8-16-12(14)2/h4-6,9,12,15H,7-8,10H2,1-3H3. The molecule has 2 nitrogen and oxygen atoms in total. The molecule has 16 heavy (non-hydrogen) atoms. The molecule has 1 aliphatic heterocycles. The van der Waals surface area contributed by atoms with Crippen molar-refractivity contribution in [2.24, 2.45) is 0 Å². The van der Waals surface area contributed by atoms with Gasteiger partial charge in [0, 0.05) is 18.7 Å². The van der Waals surface area contributed by atoms with E-state index in [1.54, 1.807) is 0 Å². The summed E-state index contributed by atoms with van der Waals surface area (Å²) < 4.78 is 5.62. The molecule has 0 saturated carbocycles. The summed E-state index contributed by atoms with van der Waals surface area (Å²) in [4.78, 5) is 0. The molecule has 2 unspecified atom stereocenters. The molecule has 88 valence electrons. The van der Waals surface area contributed by atoms with Crippen molar-refractivity contribution < 1.29 is 4.74 Å². The van der Waals surface area contributed by atoms with E-state index in [0.717, 1.165) is 19.6 Å². The van der Waals surface area contributed by atoms with E-state index >= 15 is 0 Å². The zero-order chi connectivity index (χ0) is 11.6. The summed E-state index contributed by atoms with van der Waals surface area (Å²) in [5.74, 6) is 0. The maximum atomic E-state index is 5.62. The SMILES string of the molecule is Cc1cccc(CNC2(C)CCOC2C)c1. The van der Waals surface area contributed by atoms with Crippen LogP contribution in [-0.4, -0.2) is 18.2 Å². The first-order chi connectivity index (χ1) is 7.60. The van der Waals surface area contributed by atoms with Gasteiger partial charge in [-0.05, 0) is 32.8 Å². The molecular formula is C14H21NO. The van der Waals surface area contributed by atoms with Crippen LogP contribution in [0, 0.1) is 6.92 Å². The minimum atomic E-state index is 0.129. The number of hydrogen-bond donors (Lipinski definition) is 1. The normalized spacial score (nSPS) is 29.6. The highest BCUT2D eigenvalue weighted by Gasteiger charge is 2.36. The van der Waals surface area contributed by atoms with Crippen molar-refractivity contribution in [3.8, 4) is 0 Å². The Morgan fingerprint density at radius 3 is 2.94 bits per heavy atom. The van der Waals surface area contributed by atoms with Crippen LogP contribution in [0.15, 0.2) is 24.3 Å². The van der Waals surface area contributed by atoms with Crippen molar-refractivity contribution in [1.29, 1.82) is 0 Å². The fraction of sp³-hybridized carbons (Fsp3) is 0.571. The summed E-state index contributed by atoms with van der Waals surface area (Å²) in [6.45, 7) is 8.33. The summed E-state index contributed by atoms with van der Waals surface area (Å²) in [7, 11) is 0. The number of nitrogens with one attached hydrogen (secondary N) is 1.